The summed E-state index contributed by atoms with van der Waals surface area (Å²) in [5, 5.41) is 0. The molecule has 3 saturated heterocycles. The van der Waals surface area contributed by atoms with Crippen molar-refractivity contribution in [2.75, 3.05) is 63.9 Å². The van der Waals surface area contributed by atoms with Gasteiger partial charge in [-0.15, -0.1) is 0 Å². The van der Waals surface area contributed by atoms with Crippen molar-refractivity contribution in [3.8, 4) is 5.75 Å². The van der Waals surface area contributed by atoms with E-state index in [-0.39, 0.29) is 35.3 Å². The Labute approximate surface area is 190 Å². The van der Waals surface area contributed by atoms with Crippen LogP contribution in [-0.2, 0) is 19.4 Å². The predicted octanol–water partition coefficient (Wildman–Crippen LogP) is 0.945. The molecule has 0 saturated carbocycles. The zero-order valence-electron chi connectivity index (χ0n) is 18.8. The molecule has 0 atom stereocenters. The zero-order chi connectivity index (χ0) is 22.8. The lowest BCUT2D eigenvalue weighted by atomic mass is 9.78. The van der Waals surface area contributed by atoms with Gasteiger partial charge in [-0.1, -0.05) is 18.2 Å². The molecule has 1 aromatic rings. The molecule has 2 amide bonds. The van der Waals surface area contributed by atoms with E-state index in [2.05, 4.69) is 0 Å². The van der Waals surface area contributed by atoms with Gasteiger partial charge in [-0.3, -0.25) is 14.5 Å². The van der Waals surface area contributed by atoms with Crippen LogP contribution in [0.15, 0.2) is 24.3 Å². The average molecular weight is 464 g/mol. The van der Waals surface area contributed by atoms with E-state index in [9.17, 15) is 18.0 Å². The number of likely N-dealkylation sites (tertiary alicyclic amines) is 2. The van der Waals surface area contributed by atoms with Crippen molar-refractivity contribution >= 4 is 21.7 Å². The minimum Gasteiger partial charge on any atom is -0.484 e. The summed E-state index contributed by atoms with van der Waals surface area (Å²) in [7, 11) is -2.94. The summed E-state index contributed by atoms with van der Waals surface area (Å²) < 4.78 is 28.9. The number of benzene rings is 1. The van der Waals surface area contributed by atoms with Crippen LogP contribution in [0.3, 0.4) is 0 Å². The smallest absolute Gasteiger partial charge is 0.260 e. The number of nitrogens with zero attached hydrogens (tertiary/aromatic N) is 3. The fourth-order valence-corrected chi connectivity index (χ4v) is 6.21. The Bertz CT molecular complexity index is 942. The lowest BCUT2D eigenvalue weighted by Crippen LogP contribution is -2.48. The molecular weight excluding hydrogens is 430 g/mol. The first-order chi connectivity index (χ1) is 15.3. The van der Waals surface area contributed by atoms with E-state index in [1.54, 1.807) is 0 Å². The molecule has 176 valence electrons. The maximum absolute atomic E-state index is 12.8. The van der Waals surface area contributed by atoms with E-state index in [0.29, 0.717) is 32.7 Å². The van der Waals surface area contributed by atoms with Crippen LogP contribution in [0.2, 0.25) is 0 Å². The number of piperidine rings is 1. The molecule has 0 aromatic heterocycles. The molecule has 9 heteroatoms. The molecule has 3 heterocycles. The Kier molecular flexibility index (Phi) is 6.76. The predicted molar refractivity (Wildman–Crippen MR) is 121 cm³/mol. The van der Waals surface area contributed by atoms with Crippen LogP contribution in [-0.4, -0.2) is 98.9 Å². The summed E-state index contributed by atoms with van der Waals surface area (Å²) in [6.45, 7) is 6.06. The van der Waals surface area contributed by atoms with E-state index in [1.807, 2.05) is 45.9 Å². The van der Waals surface area contributed by atoms with Crippen LogP contribution in [0, 0.1) is 12.3 Å². The number of sulfone groups is 1. The molecule has 32 heavy (non-hydrogen) atoms. The van der Waals surface area contributed by atoms with Crippen molar-refractivity contribution in [1.29, 1.82) is 0 Å². The highest BCUT2D eigenvalue weighted by Crippen LogP contribution is 2.40. The van der Waals surface area contributed by atoms with Gasteiger partial charge in [0.25, 0.3) is 5.91 Å². The molecule has 0 aliphatic carbocycles. The highest BCUT2D eigenvalue weighted by Gasteiger charge is 2.43. The van der Waals surface area contributed by atoms with Crippen LogP contribution < -0.4 is 4.74 Å². The van der Waals surface area contributed by atoms with Gasteiger partial charge in [-0.05, 0) is 43.2 Å². The quantitative estimate of drug-likeness (QED) is 0.646. The van der Waals surface area contributed by atoms with Gasteiger partial charge in [0, 0.05) is 39.3 Å². The molecule has 1 spiro atoms. The monoisotopic (exact) mass is 463 g/mol. The minimum absolute atomic E-state index is 0.00841. The number of ether oxygens (including phenoxy) is 1. The first kappa shape index (κ1) is 23.0. The number of carbonyl (C=O) groups excluding carboxylic acids is 2. The van der Waals surface area contributed by atoms with Gasteiger partial charge in [-0.25, -0.2) is 8.42 Å². The lowest BCUT2D eigenvalue weighted by molar-refractivity contribution is -0.136. The first-order valence-electron chi connectivity index (χ1n) is 11.4. The summed E-state index contributed by atoms with van der Waals surface area (Å²) in [4.78, 5) is 31.1. The second-order valence-corrected chi connectivity index (χ2v) is 11.7. The largest absolute Gasteiger partial charge is 0.484 e. The second-order valence-electron chi connectivity index (χ2n) is 9.43. The third-order valence-electron chi connectivity index (χ3n) is 7.21. The van der Waals surface area contributed by atoms with Crippen molar-refractivity contribution in [3.05, 3.63) is 29.8 Å². The lowest BCUT2D eigenvalue weighted by Gasteiger charge is -2.39. The Morgan fingerprint density at radius 2 is 1.56 bits per heavy atom. The fourth-order valence-electron chi connectivity index (χ4n) is 4.94. The number of carbonyl (C=O) groups is 2. The van der Waals surface area contributed by atoms with Gasteiger partial charge in [-0.2, -0.15) is 0 Å². The fraction of sp³-hybridized carbons (Fsp3) is 0.652. The number of amides is 2. The molecule has 3 fully saturated rings. The molecule has 0 bridgehead atoms. The topological polar surface area (TPSA) is 87.2 Å². The van der Waals surface area contributed by atoms with Gasteiger partial charge < -0.3 is 14.5 Å². The highest BCUT2D eigenvalue weighted by atomic mass is 32.2. The molecule has 1 aromatic carbocycles. The van der Waals surface area contributed by atoms with Crippen LogP contribution >= 0.6 is 0 Å². The van der Waals surface area contributed by atoms with Crippen LogP contribution in [0.1, 0.15) is 24.8 Å². The zero-order valence-corrected chi connectivity index (χ0v) is 19.6. The molecule has 0 N–H and O–H groups in total. The van der Waals surface area contributed by atoms with Gasteiger partial charge in [0.1, 0.15) is 5.75 Å². The minimum atomic E-state index is -2.94. The van der Waals surface area contributed by atoms with Gasteiger partial charge >= 0.3 is 0 Å². The Hall–Kier alpha value is -2.13. The third kappa shape index (κ3) is 5.43. The van der Waals surface area contributed by atoms with E-state index in [4.69, 9.17) is 4.74 Å². The summed E-state index contributed by atoms with van der Waals surface area (Å²) in [6.07, 6.45) is 2.76. The Morgan fingerprint density at radius 1 is 0.938 bits per heavy atom. The number of hydrogen-bond acceptors (Lipinski definition) is 6. The van der Waals surface area contributed by atoms with E-state index in [1.165, 1.54) is 0 Å². The number of para-hydroxylation sites is 1. The van der Waals surface area contributed by atoms with E-state index < -0.39 is 9.84 Å². The van der Waals surface area contributed by atoms with Crippen molar-refractivity contribution in [2.45, 2.75) is 26.2 Å². The highest BCUT2D eigenvalue weighted by molar-refractivity contribution is 7.91. The normalized spacial score (nSPS) is 22.8. The van der Waals surface area contributed by atoms with Crippen molar-refractivity contribution in [2.24, 2.45) is 5.41 Å². The molecule has 0 radical (unpaired) electrons. The van der Waals surface area contributed by atoms with Crippen molar-refractivity contribution in [1.82, 2.24) is 14.7 Å². The van der Waals surface area contributed by atoms with Crippen LogP contribution in [0.4, 0.5) is 0 Å². The van der Waals surface area contributed by atoms with Gasteiger partial charge in [0.2, 0.25) is 5.91 Å². The van der Waals surface area contributed by atoms with E-state index in [0.717, 1.165) is 43.7 Å². The number of aryl methyl sites for hydroxylation is 1. The summed E-state index contributed by atoms with van der Waals surface area (Å²) in [5.41, 5.74) is 1.11. The maximum Gasteiger partial charge on any atom is 0.260 e. The molecule has 4 rings (SSSR count). The summed E-state index contributed by atoms with van der Waals surface area (Å²) in [5.74, 6) is 1.12. The average Bonchev–Trinajstić information content (AvgIpc) is 3.18. The Morgan fingerprint density at radius 3 is 2.22 bits per heavy atom. The second kappa shape index (κ2) is 9.39. The standard InChI is InChI=1S/C23H33N3O5S/c1-19-4-2-3-5-20(19)31-17-22(28)25-9-6-23(7-10-25)8-11-26(18-23)21(27)16-24-12-14-32(29,30)15-13-24/h2-5H,6-18H2,1H3. The molecule has 0 unspecified atom stereocenters. The first-order valence-corrected chi connectivity index (χ1v) is 13.2. The molecular formula is C23H33N3O5S. The summed E-state index contributed by atoms with van der Waals surface area (Å²) >= 11 is 0. The van der Waals surface area contributed by atoms with Crippen molar-refractivity contribution < 1.29 is 22.7 Å². The van der Waals surface area contributed by atoms with Crippen LogP contribution in [0.25, 0.3) is 0 Å². The molecule has 3 aliphatic heterocycles. The SMILES string of the molecule is Cc1ccccc1OCC(=O)N1CCC2(CC1)CCN(C(=O)CN1CCS(=O)(=O)CC1)C2. The van der Waals surface area contributed by atoms with Gasteiger partial charge in [0.15, 0.2) is 16.4 Å². The Balaban J connectivity index is 1.22. The molecule has 8 nitrogen and oxygen atoms in total. The number of hydrogen-bond donors (Lipinski definition) is 0. The van der Waals surface area contributed by atoms with Crippen molar-refractivity contribution in [3.63, 3.8) is 0 Å². The molecule has 3 aliphatic rings. The van der Waals surface area contributed by atoms with Gasteiger partial charge in [0.05, 0.1) is 18.1 Å². The summed E-state index contributed by atoms with van der Waals surface area (Å²) in [6, 6.07) is 7.68. The van der Waals surface area contributed by atoms with Crippen LogP contribution in [0.5, 0.6) is 5.75 Å². The maximum atomic E-state index is 12.8. The number of rotatable bonds is 5. The van der Waals surface area contributed by atoms with E-state index >= 15 is 0 Å². The third-order valence-corrected chi connectivity index (χ3v) is 8.82.